The van der Waals surface area contributed by atoms with Gasteiger partial charge in [-0.3, -0.25) is 9.59 Å². The monoisotopic (exact) mass is 372 g/mol. The van der Waals surface area contributed by atoms with Gasteiger partial charge in [-0.25, -0.2) is 0 Å². The number of rotatable bonds is 4. The predicted molar refractivity (Wildman–Crippen MR) is 72.7 cm³/mol. The fraction of sp³-hybridized carbons (Fsp3) is 0.556. The zero-order valence-corrected chi connectivity index (χ0v) is 13.0. The van der Waals surface area contributed by atoms with Crippen LogP contribution in [0.3, 0.4) is 0 Å². The second kappa shape index (κ2) is 6.87. The average molecular weight is 375 g/mol. The summed E-state index contributed by atoms with van der Waals surface area (Å²) >= 11 is 34.3. The summed E-state index contributed by atoms with van der Waals surface area (Å²) < 4.78 is 4.45. The van der Waals surface area contributed by atoms with Crippen LogP contribution in [0.1, 0.15) is 0 Å². The SMILES string of the molecule is O=C1OC(=O)C(C(Cl)C(Cl)=C(Cl)C(Cl)Cl)C1CCl. The molecule has 0 aromatic heterocycles. The molecule has 0 aliphatic carbocycles. The molecule has 0 amide bonds. The molecule has 1 fully saturated rings. The Morgan fingerprint density at radius 3 is 2.11 bits per heavy atom. The predicted octanol–water partition coefficient (Wildman–Crippen LogP) is 3.64. The highest BCUT2D eigenvalue weighted by Gasteiger charge is 2.48. The molecule has 0 bridgehead atoms. The van der Waals surface area contributed by atoms with E-state index in [2.05, 4.69) is 4.74 Å². The van der Waals surface area contributed by atoms with Crippen LogP contribution in [0, 0.1) is 11.8 Å². The van der Waals surface area contributed by atoms with Crippen molar-refractivity contribution in [3.05, 3.63) is 10.1 Å². The zero-order valence-electron chi connectivity index (χ0n) is 8.51. The van der Waals surface area contributed by atoms with Crippen molar-refractivity contribution in [2.45, 2.75) is 10.2 Å². The van der Waals surface area contributed by atoms with E-state index in [4.69, 9.17) is 69.6 Å². The number of hydrogen-bond donors (Lipinski definition) is 0. The van der Waals surface area contributed by atoms with Crippen molar-refractivity contribution in [3.63, 3.8) is 0 Å². The molecule has 9 heteroatoms. The largest absolute Gasteiger partial charge is 0.393 e. The molecule has 102 valence electrons. The maximum Gasteiger partial charge on any atom is 0.319 e. The fourth-order valence-corrected chi connectivity index (χ4v) is 2.91. The first-order chi connectivity index (χ1) is 8.31. The molecule has 1 aliphatic rings. The Balaban J connectivity index is 3.03. The quantitative estimate of drug-likeness (QED) is 0.428. The molecule has 0 saturated carbocycles. The number of cyclic esters (lactones) is 2. The van der Waals surface area contributed by atoms with Crippen molar-refractivity contribution in [1.82, 2.24) is 0 Å². The summed E-state index contributed by atoms with van der Waals surface area (Å²) in [5.74, 6) is -3.53. The van der Waals surface area contributed by atoms with E-state index < -0.39 is 34.0 Å². The van der Waals surface area contributed by atoms with Gasteiger partial charge in [0.1, 0.15) is 4.84 Å². The Bertz CT molecular complexity index is 394. The summed E-state index contributed by atoms with van der Waals surface area (Å²) in [5.41, 5.74) is 0. The van der Waals surface area contributed by atoms with Gasteiger partial charge in [-0.2, -0.15) is 0 Å². The summed E-state index contributed by atoms with van der Waals surface area (Å²) in [4.78, 5) is 21.8. The van der Waals surface area contributed by atoms with Crippen molar-refractivity contribution in [1.29, 1.82) is 0 Å². The molecule has 3 atom stereocenters. The van der Waals surface area contributed by atoms with Gasteiger partial charge in [0.15, 0.2) is 0 Å². The van der Waals surface area contributed by atoms with Crippen LogP contribution < -0.4 is 0 Å². The molecule has 1 heterocycles. The van der Waals surface area contributed by atoms with E-state index in [1.54, 1.807) is 0 Å². The third-order valence-electron chi connectivity index (χ3n) is 2.35. The molecule has 1 saturated heterocycles. The Kier molecular flexibility index (Phi) is 6.36. The van der Waals surface area contributed by atoms with Crippen LogP contribution >= 0.6 is 69.6 Å². The third kappa shape index (κ3) is 3.38. The van der Waals surface area contributed by atoms with Gasteiger partial charge in [-0.15, -0.1) is 23.2 Å². The molecule has 0 spiro atoms. The van der Waals surface area contributed by atoms with Crippen molar-refractivity contribution < 1.29 is 14.3 Å². The molecule has 0 aromatic rings. The number of halogens is 6. The lowest BCUT2D eigenvalue weighted by molar-refractivity contribution is -0.153. The smallest absolute Gasteiger partial charge is 0.319 e. The number of alkyl halides is 4. The highest BCUT2D eigenvalue weighted by Crippen LogP contribution is 2.38. The molecule has 0 radical (unpaired) electrons. The van der Waals surface area contributed by atoms with Gasteiger partial charge >= 0.3 is 11.9 Å². The van der Waals surface area contributed by atoms with Crippen molar-refractivity contribution in [2.24, 2.45) is 11.8 Å². The highest BCUT2D eigenvalue weighted by atomic mass is 35.5. The second-order valence-corrected chi connectivity index (χ2v) is 6.11. The van der Waals surface area contributed by atoms with Gasteiger partial charge in [0.25, 0.3) is 0 Å². The molecule has 1 rings (SSSR count). The number of carbonyl (C=O) groups excluding carboxylic acids is 2. The molecule has 0 N–H and O–H groups in total. The summed E-state index contributed by atoms with van der Waals surface area (Å²) in [6.07, 6.45) is 0. The second-order valence-electron chi connectivity index (χ2n) is 3.43. The Labute approximate surface area is 133 Å². The van der Waals surface area contributed by atoms with E-state index in [1.807, 2.05) is 0 Å². The molecular weight excluding hydrogens is 369 g/mol. The number of hydrogen-bond acceptors (Lipinski definition) is 3. The van der Waals surface area contributed by atoms with Crippen LogP contribution in [0.4, 0.5) is 0 Å². The maximum atomic E-state index is 11.5. The van der Waals surface area contributed by atoms with Gasteiger partial charge in [0.2, 0.25) is 0 Å². The van der Waals surface area contributed by atoms with Crippen molar-refractivity contribution >= 4 is 81.5 Å². The number of carbonyl (C=O) groups is 2. The maximum absolute atomic E-state index is 11.5. The average Bonchev–Trinajstić information content (AvgIpc) is 2.60. The topological polar surface area (TPSA) is 43.4 Å². The number of esters is 2. The molecule has 3 unspecified atom stereocenters. The van der Waals surface area contributed by atoms with E-state index in [0.717, 1.165) is 0 Å². The van der Waals surface area contributed by atoms with Crippen LogP contribution in [0.2, 0.25) is 0 Å². The first-order valence-electron chi connectivity index (χ1n) is 4.60. The lowest BCUT2D eigenvalue weighted by Gasteiger charge is -2.18. The van der Waals surface area contributed by atoms with Crippen molar-refractivity contribution in [3.8, 4) is 0 Å². The van der Waals surface area contributed by atoms with Gasteiger partial charge in [0.05, 0.1) is 27.3 Å². The lowest BCUT2D eigenvalue weighted by Crippen LogP contribution is -2.29. The molecule has 0 aromatic carbocycles. The minimum absolute atomic E-state index is 0.111. The first kappa shape index (κ1) is 16.7. The van der Waals surface area contributed by atoms with Crippen LogP contribution in [0.15, 0.2) is 10.1 Å². The van der Waals surface area contributed by atoms with E-state index in [0.29, 0.717) is 0 Å². The standard InChI is InChI=1S/C9H6Cl6O3/c10-1-2-3(9(17)18-8(2)16)4(11)5(12)6(13)7(14)15/h2-4,7H,1H2. The first-order valence-corrected chi connectivity index (χ1v) is 7.20. The van der Waals surface area contributed by atoms with Crippen molar-refractivity contribution in [2.75, 3.05) is 5.88 Å². The Morgan fingerprint density at radius 1 is 1.11 bits per heavy atom. The number of ether oxygens (including phenoxy) is 1. The van der Waals surface area contributed by atoms with Crippen LogP contribution in [-0.4, -0.2) is 28.0 Å². The Hall–Kier alpha value is 0.620. The van der Waals surface area contributed by atoms with Gasteiger partial charge in [-0.1, -0.05) is 46.4 Å². The summed E-state index contributed by atoms with van der Waals surface area (Å²) in [6.45, 7) is 0. The van der Waals surface area contributed by atoms with Gasteiger partial charge in [0, 0.05) is 5.88 Å². The number of allylic oxidation sites excluding steroid dienone is 2. The van der Waals surface area contributed by atoms with Gasteiger partial charge in [-0.05, 0) is 0 Å². The van der Waals surface area contributed by atoms with E-state index in [1.165, 1.54) is 0 Å². The van der Waals surface area contributed by atoms with Gasteiger partial charge < -0.3 is 4.74 Å². The normalized spacial score (nSPS) is 27.3. The van der Waals surface area contributed by atoms with E-state index in [9.17, 15) is 9.59 Å². The summed E-state index contributed by atoms with van der Waals surface area (Å²) in [5, 5.41) is -1.30. The minimum Gasteiger partial charge on any atom is -0.393 e. The molecular formula is C9H6Cl6O3. The summed E-state index contributed by atoms with van der Waals surface area (Å²) in [7, 11) is 0. The summed E-state index contributed by atoms with van der Waals surface area (Å²) in [6, 6.07) is 0. The third-order valence-corrected chi connectivity index (χ3v) is 4.90. The Morgan fingerprint density at radius 2 is 1.67 bits per heavy atom. The van der Waals surface area contributed by atoms with E-state index >= 15 is 0 Å². The zero-order chi connectivity index (χ0) is 14.0. The minimum atomic E-state index is -1.08. The fourth-order valence-electron chi connectivity index (χ4n) is 1.43. The van der Waals surface area contributed by atoms with Crippen LogP contribution in [0.25, 0.3) is 0 Å². The molecule has 3 nitrogen and oxygen atoms in total. The van der Waals surface area contributed by atoms with Crippen LogP contribution in [-0.2, 0) is 14.3 Å². The molecule has 1 aliphatic heterocycles. The van der Waals surface area contributed by atoms with Crippen LogP contribution in [0.5, 0.6) is 0 Å². The van der Waals surface area contributed by atoms with E-state index in [-0.39, 0.29) is 15.9 Å². The molecule has 18 heavy (non-hydrogen) atoms. The highest BCUT2D eigenvalue weighted by molar-refractivity contribution is 6.55. The lowest BCUT2D eigenvalue weighted by atomic mass is 9.92.